The van der Waals surface area contributed by atoms with Crippen LogP contribution in [0.1, 0.15) is 64.2 Å². The second-order valence-corrected chi connectivity index (χ2v) is 17.8. The molecular weight excluding hydrogens is 504 g/mol. The molecule has 0 aliphatic heterocycles. The van der Waals surface area contributed by atoms with Crippen LogP contribution in [0.25, 0.3) is 11.1 Å². The molecule has 2 fully saturated rings. The average Bonchev–Trinajstić information content (AvgIpc) is 2.74. The fourth-order valence-electron chi connectivity index (χ4n) is 4.23. The van der Waals surface area contributed by atoms with Gasteiger partial charge in [0.25, 0.3) is 0 Å². The summed E-state index contributed by atoms with van der Waals surface area (Å²) in [5.41, 5.74) is 18.3. The van der Waals surface area contributed by atoms with E-state index in [-0.39, 0.29) is 25.7 Å². The minimum absolute atomic E-state index is 0.202. The van der Waals surface area contributed by atoms with Crippen LogP contribution in [0.2, 0.25) is 0 Å². The highest BCUT2D eigenvalue weighted by Gasteiger charge is 2.44. The number of hydrogen-bond donors (Lipinski definition) is 0. The van der Waals surface area contributed by atoms with E-state index >= 15 is 0 Å². The summed E-state index contributed by atoms with van der Waals surface area (Å²) in [6.07, 6.45) is 4.65. The molecule has 32 heavy (non-hydrogen) atoms. The molecular formula is C16H28N4O8S4-2. The van der Waals surface area contributed by atoms with E-state index in [2.05, 4.69) is 10.2 Å². The number of rotatable bonds is 11. The molecule has 2 aliphatic rings. The summed E-state index contributed by atoms with van der Waals surface area (Å²) in [6, 6.07) is 0. The first kappa shape index (κ1) is 27.2. The summed E-state index contributed by atoms with van der Waals surface area (Å²) in [5, 5.41) is 3.00. The lowest BCUT2D eigenvalue weighted by molar-refractivity contribution is 0.480. The molecule has 0 aromatic rings. The van der Waals surface area contributed by atoms with Crippen LogP contribution in [0.15, 0.2) is 10.2 Å². The van der Waals surface area contributed by atoms with E-state index in [9.17, 15) is 44.7 Å². The summed E-state index contributed by atoms with van der Waals surface area (Å²) in [4.78, 5) is 0. The van der Waals surface area contributed by atoms with Gasteiger partial charge in [0.15, 0.2) is 39.3 Å². The molecule has 0 aromatic carbocycles. The zero-order chi connectivity index (χ0) is 24.2. The molecule has 0 saturated heterocycles. The van der Waals surface area contributed by atoms with E-state index in [1.807, 2.05) is 0 Å². The van der Waals surface area contributed by atoms with E-state index in [0.29, 0.717) is 25.7 Å². The van der Waals surface area contributed by atoms with Gasteiger partial charge in [0, 0.05) is 0 Å². The van der Waals surface area contributed by atoms with Crippen molar-refractivity contribution in [2.75, 3.05) is 11.5 Å². The van der Waals surface area contributed by atoms with E-state index in [1.54, 1.807) is 0 Å². The van der Waals surface area contributed by atoms with Crippen molar-refractivity contribution in [3.05, 3.63) is 11.1 Å². The van der Waals surface area contributed by atoms with Crippen LogP contribution in [-0.2, 0) is 39.3 Å². The minimum atomic E-state index is -4.83. The minimum Gasteiger partial charge on any atom is -0.710 e. The monoisotopic (exact) mass is 532 g/mol. The van der Waals surface area contributed by atoms with Gasteiger partial charge in [0.1, 0.15) is 0 Å². The zero-order valence-electron chi connectivity index (χ0n) is 17.5. The quantitative estimate of drug-likeness (QED) is 0.358. The van der Waals surface area contributed by atoms with Crippen molar-refractivity contribution in [2.45, 2.75) is 84.1 Å². The lowest BCUT2D eigenvalue weighted by atomic mass is 10.0. The Balaban J connectivity index is 2.22. The summed E-state index contributed by atoms with van der Waals surface area (Å²) < 4.78 is 96.2. The van der Waals surface area contributed by atoms with Crippen molar-refractivity contribution >= 4 is 39.3 Å². The third-order valence-electron chi connectivity index (χ3n) is 6.05. The normalized spacial score (nSPS) is 22.1. The van der Waals surface area contributed by atoms with Gasteiger partial charge in [-0.2, -0.15) is 0 Å². The third-order valence-corrected chi connectivity index (χ3v) is 16.8. The average molecular weight is 533 g/mol. The maximum Gasteiger partial charge on any atom is 0.232 e. The molecule has 0 N–H and O–H groups in total. The molecule has 2 atom stereocenters. The van der Waals surface area contributed by atoms with E-state index in [4.69, 9.17) is 0 Å². The van der Waals surface area contributed by atoms with Gasteiger partial charge in [0.05, 0.1) is 22.0 Å². The molecule has 0 aromatic heterocycles. The van der Waals surface area contributed by atoms with Crippen molar-refractivity contribution in [1.29, 1.82) is 0 Å². The summed E-state index contributed by atoms with van der Waals surface area (Å²) in [6.45, 7) is 0. The fraction of sp³-hybridized carbons (Fsp3) is 1.00. The molecule has 12 nitrogen and oxygen atoms in total. The number of hydrogen-bond acceptors (Lipinski definition) is 10. The van der Waals surface area contributed by atoms with Gasteiger partial charge >= 0.3 is 0 Å². The van der Waals surface area contributed by atoms with Gasteiger partial charge in [-0.3, -0.25) is 0 Å². The molecule has 0 radical (unpaired) electrons. The molecule has 186 valence electrons. The Bertz CT molecular complexity index is 1010. The predicted molar refractivity (Wildman–Crippen MR) is 118 cm³/mol. The summed E-state index contributed by atoms with van der Waals surface area (Å²) >= 11 is 0. The zero-order valence-corrected chi connectivity index (χ0v) is 20.7. The maximum atomic E-state index is 12.7. The van der Waals surface area contributed by atoms with Crippen LogP contribution in [0.5, 0.6) is 0 Å². The molecule has 2 aliphatic carbocycles. The van der Waals surface area contributed by atoms with Crippen LogP contribution in [0.4, 0.5) is 0 Å². The molecule has 2 unspecified atom stereocenters. The Morgan fingerprint density at radius 3 is 1.09 bits per heavy atom. The summed E-state index contributed by atoms with van der Waals surface area (Å²) in [7, 11) is -18.6. The lowest BCUT2D eigenvalue weighted by Gasteiger charge is -2.27. The second kappa shape index (κ2) is 10.5. The van der Waals surface area contributed by atoms with Crippen molar-refractivity contribution in [1.82, 2.24) is 0 Å². The lowest BCUT2D eigenvalue weighted by Crippen LogP contribution is -2.42. The van der Waals surface area contributed by atoms with Crippen LogP contribution < -0.4 is 0 Å². The summed E-state index contributed by atoms with van der Waals surface area (Å²) in [5.74, 6) is -2.61. The Morgan fingerprint density at radius 1 is 0.562 bits per heavy atom. The van der Waals surface area contributed by atoms with Crippen LogP contribution in [0, 0.1) is 0 Å². The predicted octanol–water partition coefficient (Wildman–Crippen LogP) is 1.92. The van der Waals surface area contributed by atoms with Gasteiger partial charge in [-0.05, 0) is 25.7 Å². The van der Waals surface area contributed by atoms with E-state index in [1.165, 1.54) is 0 Å². The van der Waals surface area contributed by atoms with Crippen LogP contribution in [-0.4, -0.2) is 65.1 Å². The first-order valence-corrected chi connectivity index (χ1v) is 17.0. The van der Waals surface area contributed by atoms with Crippen molar-refractivity contribution in [3.63, 3.8) is 0 Å². The Hall–Kier alpha value is -1.00. The highest BCUT2D eigenvalue weighted by molar-refractivity contribution is 8.11. The first-order chi connectivity index (χ1) is 14.8. The molecule has 2 saturated carbocycles. The molecule has 0 spiro atoms. The molecule has 0 amide bonds. The van der Waals surface area contributed by atoms with E-state index in [0.717, 1.165) is 12.8 Å². The Labute approximate surface area is 189 Å². The topological polar surface area (TPSA) is 206 Å². The van der Waals surface area contributed by atoms with Gasteiger partial charge in [-0.25, -0.2) is 33.7 Å². The van der Waals surface area contributed by atoms with Crippen LogP contribution in [0.3, 0.4) is 0 Å². The van der Waals surface area contributed by atoms with Gasteiger partial charge in [-0.15, -0.1) is 0 Å². The fourth-order valence-corrected chi connectivity index (χ4v) is 14.5. The molecule has 0 heterocycles. The highest BCUT2D eigenvalue weighted by atomic mass is 32.3. The number of nitrogens with zero attached hydrogens (tertiary/aromatic N) is 4. The largest absolute Gasteiger partial charge is 0.710 e. The van der Waals surface area contributed by atoms with Crippen molar-refractivity contribution < 1.29 is 33.7 Å². The van der Waals surface area contributed by atoms with Gasteiger partial charge < -0.3 is 21.3 Å². The standard InChI is InChI=1S/C16H28N4O8S4/c17-19-15(31(25,26)13-7-3-1-4-8-13)29(21,22)11-12-30(23,24)16(20-18)32(27,28)14-9-5-2-6-10-14/h13-16H,1-12H2/q-2. The smallest absolute Gasteiger partial charge is 0.232 e. The third kappa shape index (κ3) is 5.91. The van der Waals surface area contributed by atoms with Crippen molar-refractivity contribution in [3.8, 4) is 0 Å². The maximum absolute atomic E-state index is 12.7. The Kier molecular flexibility index (Phi) is 8.95. The van der Waals surface area contributed by atoms with Gasteiger partial charge in [0.2, 0.25) is 9.41 Å². The SMILES string of the molecule is [N-]=NC(S(=O)(=O)CCS(=O)(=O)C(N=[N-])S(=O)(=O)C1CCCCC1)S(=O)(=O)C1CCCCC1. The molecule has 0 bridgehead atoms. The van der Waals surface area contributed by atoms with Crippen LogP contribution >= 0.6 is 0 Å². The first-order valence-electron chi connectivity index (χ1n) is 10.4. The molecule has 16 heteroatoms. The second-order valence-electron chi connectivity index (χ2n) is 8.28. The van der Waals surface area contributed by atoms with E-state index < -0.39 is 70.8 Å². The van der Waals surface area contributed by atoms with Crippen molar-refractivity contribution in [2.24, 2.45) is 10.2 Å². The van der Waals surface area contributed by atoms with Gasteiger partial charge in [-0.1, -0.05) is 38.5 Å². The Morgan fingerprint density at radius 2 is 0.844 bits per heavy atom. The highest BCUT2D eigenvalue weighted by Crippen LogP contribution is 2.31. The number of sulfone groups is 4. The molecule has 2 rings (SSSR count).